The second-order valence-electron chi connectivity index (χ2n) is 5.09. The number of nitrogens with zero attached hydrogens (tertiary/aromatic N) is 1. The highest BCUT2D eigenvalue weighted by molar-refractivity contribution is 6.31. The Kier molecular flexibility index (Phi) is 4.78. The zero-order valence-corrected chi connectivity index (χ0v) is 12.5. The maximum absolute atomic E-state index is 12.2. The third-order valence-corrected chi connectivity index (χ3v) is 4.08. The molecular weight excluding hydrogens is 276 g/mol. The Morgan fingerprint density at radius 2 is 2.10 bits per heavy atom. The van der Waals surface area contributed by atoms with E-state index in [2.05, 4.69) is 5.32 Å². The van der Waals surface area contributed by atoms with Crippen LogP contribution in [0.3, 0.4) is 0 Å². The van der Waals surface area contributed by atoms with Crippen LogP contribution in [-0.2, 0) is 16.1 Å². The van der Waals surface area contributed by atoms with Crippen molar-refractivity contribution in [2.75, 3.05) is 0 Å². The van der Waals surface area contributed by atoms with E-state index in [9.17, 15) is 9.59 Å². The third-order valence-electron chi connectivity index (χ3n) is 3.71. The molecule has 5 heteroatoms. The monoisotopic (exact) mass is 294 g/mol. The van der Waals surface area contributed by atoms with Gasteiger partial charge in [0.25, 0.3) is 0 Å². The van der Waals surface area contributed by atoms with Crippen LogP contribution in [0.25, 0.3) is 0 Å². The zero-order chi connectivity index (χ0) is 14.7. The van der Waals surface area contributed by atoms with E-state index in [1.807, 2.05) is 38.1 Å². The van der Waals surface area contributed by atoms with Crippen molar-refractivity contribution in [1.29, 1.82) is 0 Å². The number of likely N-dealkylation sites (tertiary alicyclic amines) is 1. The number of halogens is 1. The van der Waals surface area contributed by atoms with E-state index in [1.165, 1.54) is 4.90 Å². The summed E-state index contributed by atoms with van der Waals surface area (Å²) < 4.78 is 0. The lowest BCUT2D eigenvalue weighted by Gasteiger charge is -2.21. The maximum atomic E-state index is 12.2. The number of hydrogen-bond acceptors (Lipinski definition) is 3. The van der Waals surface area contributed by atoms with Gasteiger partial charge in [0.2, 0.25) is 11.8 Å². The van der Waals surface area contributed by atoms with Crippen LogP contribution in [0, 0.1) is 0 Å². The number of amides is 2. The lowest BCUT2D eigenvalue weighted by atomic mass is 10.2. The van der Waals surface area contributed by atoms with Crippen LogP contribution in [0.4, 0.5) is 0 Å². The van der Waals surface area contributed by atoms with Crippen molar-refractivity contribution in [3.05, 3.63) is 34.9 Å². The molecule has 0 aromatic heterocycles. The predicted molar refractivity (Wildman–Crippen MR) is 78.3 cm³/mol. The second-order valence-corrected chi connectivity index (χ2v) is 5.50. The minimum Gasteiger partial charge on any atom is -0.301 e. The Morgan fingerprint density at radius 3 is 2.75 bits per heavy atom. The summed E-state index contributed by atoms with van der Waals surface area (Å²) in [7, 11) is 0. The predicted octanol–water partition coefficient (Wildman–Crippen LogP) is 2.36. The van der Waals surface area contributed by atoms with Crippen LogP contribution < -0.4 is 5.32 Å². The number of benzene rings is 1. The fourth-order valence-electron chi connectivity index (χ4n) is 2.33. The zero-order valence-electron chi connectivity index (χ0n) is 11.7. The van der Waals surface area contributed by atoms with Crippen molar-refractivity contribution in [3.63, 3.8) is 0 Å². The summed E-state index contributed by atoms with van der Waals surface area (Å²) >= 11 is 6.07. The molecule has 2 unspecified atom stereocenters. The molecule has 1 saturated heterocycles. The molecule has 2 rings (SSSR count). The minimum atomic E-state index is -0.437. The van der Waals surface area contributed by atoms with E-state index < -0.39 is 6.04 Å². The summed E-state index contributed by atoms with van der Waals surface area (Å²) in [5.74, 6) is -0.225. The SMILES string of the molecule is CCC(C)N1C(=O)CC(NCc2ccccc2Cl)C1=O. The van der Waals surface area contributed by atoms with Gasteiger partial charge in [0.15, 0.2) is 0 Å². The van der Waals surface area contributed by atoms with Gasteiger partial charge in [-0.05, 0) is 25.0 Å². The number of carbonyl (C=O) groups is 2. The molecule has 0 bridgehead atoms. The summed E-state index contributed by atoms with van der Waals surface area (Å²) in [5, 5.41) is 3.79. The van der Waals surface area contributed by atoms with Gasteiger partial charge >= 0.3 is 0 Å². The first kappa shape index (κ1) is 15.0. The highest BCUT2D eigenvalue weighted by Crippen LogP contribution is 2.20. The Balaban J connectivity index is 2.00. The van der Waals surface area contributed by atoms with Crippen molar-refractivity contribution in [3.8, 4) is 0 Å². The number of imide groups is 1. The van der Waals surface area contributed by atoms with E-state index in [4.69, 9.17) is 11.6 Å². The van der Waals surface area contributed by atoms with E-state index in [1.54, 1.807) is 0 Å². The van der Waals surface area contributed by atoms with Crippen LogP contribution in [0.2, 0.25) is 5.02 Å². The van der Waals surface area contributed by atoms with E-state index in [0.29, 0.717) is 11.6 Å². The highest BCUT2D eigenvalue weighted by Gasteiger charge is 2.40. The first-order valence-corrected chi connectivity index (χ1v) is 7.25. The van der Waals surface area contributed by atoms with Crippen molar-refractivity contribution < 1.29 is 9.59 Å². The molecule has 1 N–H and O–H groups in total. The molecule has 1 aliphatic heterocycles. The second kappa shape index (κ2) is 6.37. The summed E-state index contributed by atoms with van der Waals surface area (Å²) in [6, 6.07) is 7.00. The van der Waals surface area contributed by atoms with Crippen molar-refractivity contribution in [2.24, 2.45) is 0 Å². The fraction of sp³-hybridized carbons (Fsp3) is 0.467. The molecule has 1 aliphatic rings. The van der Waals surface area contributed by atoms with Gasteiger partial charge < -0.3 is 5.32 Å². The van der Waals surface area contributed by atoms with Gasteiger partial charge in [0.1, 0.15) is 0 Å². The molecule has 1 heterocycles. The number of rotatable bonds is 5. The molecule has 2 amide bonds. The molecule has 0 saturated carbocycles. The standard InChI is InChI=1S/C15H19ClN2O2/c1-3-10(2)18-14(19)8-13(15(18)20)17-9-11-6-4-5-7-12(11)16/h4-7,10,13,17H,3,8-9H2,1-2H3. The molecule has 2 atom stereocenters. The summed E-state index contributed by atoms with van der Waals surface area (Å²) in [6.07, 6.45) is 1.00. The molecule has 0 radical (unpaired) electrons. The Morgan fingerprint density at radius 1 is 1.40 bits per heavy atom. The highest BCUT2D eigenvalue weighted by atomic mass is 35.5. The van der Waals surface area contributed by atoms with Crippen LogP contribution in [-0.4, -0.2) is 28.8 Å². The molecule has 0 spiro atoms. The Labute approximate surface area is 124 Å². The lowest BCUT2D eigenvalue weighted by molar-refractivity contribution is -0.141. The summed E-state index contributed by atoms with van der Waals surface area (Å²) in [5.41, 5.74) is 0.927. The van der Waals surface area contributed by atoms with Gasteiger partial charge in [0, 0.05) is 17.6 Å². The molecule has 0 aliphatic carbocycles. The average Bonchev–Trinajstić information content (AvgIpc) is 2.72. The smallest absolute Gasteiger partial charge is 0.247 e. The minimum absolute atomic E-state index is 0.0397. The van der Waals surface area contributed by atoms with Gasteiger partial charge in [-0.1, -0.05) is 36.7 Å². The first-order chi connectivity index (χ1) is 9.54. The summed E-state index contributed by atoms with van der Waals surface area (Å²) in [4.78, 5) is 25.5. The summed E-state index contributed by atoms with van der Waals surface area (Å²) in [6.45, 7) is 4.35. The molecule has 108 valence electrons. The van der Waals surface area contributed by atoms with Gasteiger partial charge in [-0.2, -0.15) is 0 Å². The lowest BCUT2D eigenvalue weighted by Crippen LogP contribution is -2.42. The average molecular weight is 295 g/mol. The van der Waals surface area contributed by atoms with Gasteiger partial charge in [-0.15, -0.1) is 0 Å². The largest absolute Gasteiger partial charge is 0.301 e. The molecular formula is C15H19ClN2O2. The Hall–Kier alpha value is -1.39. The van der Waals surface area contributed by atoms with Crippen molar-refractivity contribution in [2.45, 2.75) is 45.3 Å². The van der Waals surface area contributed by atoms with Gasteiger partial charge in [-0.3, -0.25) is 14.5 Å². The van der Waals surface area contributed by atoms with Crippen molar-refractivity contribution in [1.82, 2.24) is 10.2 Å². The van der Waals surface area contributed by atoms with E-state index >= 15 is 0 Å². The number of nitrogens with one attached hydrogen (secondary N) is 1. The van der Waals surface area contributed by atoms with Crippen LogP contribution in [0.5, 0.6) is 0 Å². The molecule has 1 fully saturated rings. The third kappa shape index (κ3) is 3.02. The van der Waals surface area contributed by atoms with E-state index in [0.717, 1.165) is 12.0 Å². The molecule has 4 nitrogen and oxygen atoms in total. The molecule has 1 aromatic carbocycles. The van der Waals surface area contributed by atoms with E-state index in [-0.39, 0.29) is 24.3 Å². The van der Waals surface area contributed by atoms with Gasteiger partial charge in [-0.25, -0.2) is 0 Å². The first-order valence-electron chi connectivity index (χ1n) is 6.87. The fourth-order valence-corrected chi connectivity index (χ4v) is 2.53. The topological polar surface area (TPSA) is 49.4 Å². The van der Waals surface area contributed by atoms with Crippen molar-refractivity contribution >= 4 is 23.4 Å². The maximum Gasteiger partial charge on any atom is 0.247 e. The van der Waals surface area contributed by atoms with Crippen LogP contribution in [0.1, 0.15) is 32.3 Å². The van der Waals surface area contributed by atoms with Crippen LogP contribution in [0.15, 0.2) is 24.3 Å². The Bertz CT molecular complexity index is 518. The normalized spacial score (nSPS) is 20.6. The van der Waals surface area contributed by atoms with Crippen LogP contribution >= 0.6 is 11.6 Å². The number of hydrogen-bond donors (Lipinski definition) is 1. The molecule has 20 heavy (non-hydrogen) atoms. The molecule has 1 aromatic rings. The quantitative estimate of drug-likeness (QED) is 0.848. The number of carbonyl (C=O) groups excluding carboxylic acids is 2. The van der Waals surface area contributed by atoms with Gasteiger partial charge in [0.05, 0.1) is 12.5 Å².